The van der Waals surface area contributed by atoms with Gasteiger partial charge in [0.15, 0.2) is 5.79 Å². The summed E-state index contributed by atoms with van der Waals surface area (Å²) in [6.07, 6.45) is 1.69. The van der Waals surface area contributed by atoms with Gasteiger partial charge in [-0.1, -0.05) is 11.6 Å². The summed E-state index contributed by atoms with van der Waals surface area (Å²) < 4.78 is 11.4. The number of aryl methyl sites for hydroxylation is 1. The van der Waals surface area contributed by atoms with E-state index in [9.17, 15) is 9.59 Å². The molecule has 2 aliphatic heterocycles. The van der Waals surface area contributed by atoms with Crippen LogP contribution in [0.5, 0.6) is 0 Å². The third-order valence-electron chi connectivity index (χ3n) is 5.07. The van der Waals surface area contributed by atoms with Crippen LogP contribution in [0.1, 0.15) is 31.7 Å². The average molecular weight is 381 g/mol. The molecule has 1 aromatic carbocycles. The smallest absolute Gasteiger partial charge is 0.224 e. The number of hydrogen-bond donors (Lipinski definition) is 0. The Morgan fingerprint density at radius 3 is 2.46 bits per heavy atom. The monoisotopic (exact) mass is 380 g/mol. The van der Waals surface area contributed by atoms with Crippen LogP contribution in [-0.2, 0) is 19.1 Å². The van der Waals surface area contributed by atoms with E-state index in [1.165, 1.54) is 6.92 Å². The first-order chi connectivity index (χ1) is 12.4. The Labute approximate surface area is 159 Å². The van der Waals surface area contributed by atoms with Crippen molar-refractivity contribution in [3.05, 3.63) is 28.8 Å². The van der Waals surface area contributed by atoms with E-state index in [4.69, 9.17) is 21.1 Å². The first-order valence-electron chi connectivity index (χ1n) is 9.00. The SMILES string of the molecule is CC(=O)N(CCC(=O)N1CCC2(CC1)OCCO2)c1ccc(Cl)cc1C. The molecule has 2 saturated heterocycles. The lowest BCUT2D eigenvalue weighted by molar-refractivity contribution is -0.187. The van der Waals surface area contributed by atoms with Crippen LogP contribution < -0.4 is 4.90 Å². The van der Waals surface area contributed by atoms with Gasteiger partial charge in [0.1, 0.15) is 0 Å². The van der Waals surface area contributed by atoms with E-state index in [2.05, 4.69) is 0 Å². The topological polar surface area (TPSA) is 59.1 Å². The minimum absolute atomic E-state index is 0.0516. The molecule has 7 heteroatoms. The quantitative estimate of drug-likeness (QED) is 0.805. The maximum absolute atomic E-state index is 12.6. The van der Waals surface area contributed by atoms with Gasteiger partial charge >= 0.3 is 0 Å². The van der Waals surface area contributed by atoms with Crippen molar-refractivity contribution in [3.8, 4) is 0 Å². The van der Waals surface area contributed by atoms with Crippen LogP contribution in [0, 0.1) is 6.92 Å². The lowest BCUT2D eigenvalue weighted by Gasteiger charge is -2.37. The molecule has 0 atom stereocenters. The van der Waals surface area contributed by atoms with Crippen molar-refractivity contribution in [2.24, 2.45) is 0 Å². The third-order valence-corrected chi connectivity index (χ3v) is 5.31. The average Bonchev–Trinajstić information content (AvgIpc) is 3.05. The first kappa shape index (κ1) is 19.1. The fraction of sp³-hybridized carbons (Fsp3) is 0.579. The van der Waals surface area contributed by atoms with Crippen molar-refractivity contribution in [2.45, 2.75) is 38.9 Å². The highest BCUT2D eigenvalue weighted by Crippen LogP contribution is 2.31. The van der Waals surface area contributed by atoms with Crippen LogP contribution in [0.4, 0.5) is 5.69 Å². The second kappa shape index (κ2) is 7.94. The fourth-order valence-corrected chi connectivity index (χ4v) is 3.84. The highest BCUT2D eigenvalue weighted by molar-refractivity contribution is 6.30. The Kier molecular flexibility index (Phi) is 5.85. The summed E-state index contributed by atoms with van der Waals surface area (Å²) >= 11 is 6.00. The predicted octanol–water partition coefficient (Wildman–Crippen LogP) is 2.76. The van der Waals surface area contributed by atoms with Crippen molar-refractivity contribution < 1.29 is 19.1 Å². The molecule has 6 nitrogen and oxygen atoms in total. The van der Waals surface area contributed by atoms with Gasteiger partial charge in [0.25, 0.3) is 0 Å². The second-order valence-electron chi connectivity index (χ2n) is 6.84. The van der Waals surface area contributed by atoms with Crippen molar-refractivity contribution in [2.75, 3.05) is 37.7 Å². The van der Waals surface area contributed by atoms with Gasteiger partial charge < -0.3 is 19.3 Å². The molecular weight excluding hydrogens is 356 g/mol. The molecule has 2 heterocycles. The van der Waals surface area contributed by atoms with E-state index in [1.807, 2.05) is 24.0 Å². The van der Waals surface area contributed by atoms with Gasteiger partial charge in [-0.2, -0.15) is 0 Å². The highest BCUT2D eigenvalue weighted by atomic mass is 35.5. The lowest BCUT2D eigenvalue weighted by Crippen LogP contribution is -2.48. The van der Waals surface area contributed by atoms with Crippen LogP contribution in [0.3, 0.4) is 0 Å². The Balaban J connectivity index is 1.57. The molecule has 0 N–H and O–H groups in total. The Bertz CT molecular complexity index is 678. The zero-order valence-corrected chi connectivity index (χ0v) is 16.1. The van der Waals surface area contributed by atoms with Gasteiger partial charge in [0, 0.05) is 56.5 Å². The van der Waals surface area contributed by atoms with E-state index in [0.717, 1.165) is 11.3 Å². The van der Waals surface area contributed by atoms with E-state index in [1.54, 1.807) is 11.0 Å². The van der Waals surface area contributed by atoms with Crippen molar-refractivity contribution in [1.82, 2.24) is 4.90 Å². The molecule has 2 aliphatic rings. The number of anilines is 1. The van der Waals surface area contributed by atoms with Crippen LogP contribution in [0.2, 0.25) is 5.02 Å². The molecule has 2 amide bonds. The number of benzene rings is 1. The summed E-state index contributed by atoms with van der Waals surface area (Å²) in [5.74, 6) is -0.521. The molecule has 0 aromatic heterocycles. The summed E-state index contributed by atoms with van der Waals surface area (Å²) in [4.78, 5) is 28.1. The summed E-state index contributed by atoms with van der Waals surface area (Å²) in [6.45, 7) is 6.27. The molecular formula is C19H25ClN2O4. The summed E-state index contributed by atoms with van der Waals surface area (Å²) in [5, 5.41) is 0.629. The molecule has 26 heavy (non-hydrogen) atoms. The molecule has 1 spiro atoms. The normalized spacial score (nSPS) is 19.0. The molecule has 142 valence electrons. The number of rotatable bonds is 4. The highest BCUT2D eigenvalue weighted by Gasteiger charge is 2.40. The molecule has 0 radical (unpaired) electrons. The fourth-order valence-electron chi connectivity index (χ4n) is 3.62. The summed E-state index contributed by atoms with van der Waals surface area (Å²) in [7, 11) is 0. The third kappa shape index (κ3) is 4.19. The van der Waals surface area contributed by atoms with Crippen LogP contribution in [0.25, 0.3) is 0 Å². The number of piperidine rings is 1. The van der Waals surface area contributed by atoms with E-state index in [0.29, 0.717) is 50.7 Å². The predicted molar refractivity (Wildman–Crippen MR) is 99.3 cm³/mol. The van der Waals surface area contributed by atoms with Crippen LogP contribution >= 0.6 is 11.6 Å². The molecule has 0 bridgehead atoms. The van der Waals surface area contributed by atoms with Gasteiger partial charge in [-0.3, -0.25) is 9.59 Å². The summed E-state index contributed by atoms with van der Waals surface area (Å²) in [6, 6.07) is 5.40. The second-order valence-corrected chi connectivity index (χ2v) is 7.28. The number of carbonyl (C=O) groups is 2. The van der Waals surface area contributed by atoms with Crippen molar-refractivity contribution in [3.63, 3.8) is 0 Å². The Morgan fingerprint density at radius 2 is 1.88 bits per heavy atom. The maximum atomic E-state index is 12.6. The van der Waals surface area contributed by atoms with Crippen molar-refractivity contribution >= 4 is 29.1 Å². The first-order valence-corrected chi connectivity index (χ1v) is 9.38. The minimum atomic E-state index is -0.484. The van der Waals surface area contributed by atoms with Gasteiger partial charge in [0.05, 0.1) is 13.2 Å². The van der Waals surface area contributed by atoms with E-state index < -0.39 is 5.79 Å². The Morgan fingerprint density at radius 1 is 1.23 bits per heavy atom. The van der Waals surface area contributed by atoms with Gasteiger partial charge in [-0.15, -0.1) is 0 Å². The van der Waals surface area contributed by atoms with E-state index >= 15 is 0 Å². The number of likely N-dealkylation sites (tertiary alicyclic amines) is 1. The number of ether oxygens (including phenoxy) is 2. The summed E-state index contributed by atoms with van der Waals surface area (Å²) in [5.41, 5.74) is 1.70. The Hall–Kier alpha value is -1.63. The number of hydrogen-bond acceptors (Lipinski definition) is 4. The number of halogens is 1. The zero-order valence-electron chi connectivity index (χ0n) is 15.3. The van der Waals surface area contributed by atoms with Gasteiger partial charge in [0.2, 0.25) is 11.8 Å². The largest absolute Gasteiger partial charge is 0.347 e. The molecule has 2 fully saturated rings. The molecule has 0 aliphatic carbocycles. The molecule has 0 saturated carbocycles. The molecule has 3 rings (SSSR count). The molecule has 0 unspecified atom stereocenters. The molecule has 1 aromatic rings. The number of carbonyl (C=O) groups excluding carboxylic acids is 2. The zero-order chi connectivity index (χ0) is 18.7. The van der Waals surface area contributed by atoms with Crippen LogP contribution in [-0.4, -0.2) is 55.3 Å². The standard InChI is InChI=1S/C19H25ClN2O4/c1-14-13-16(20)3-4-17(14)22(15(2)23)8-5-18(24)21-9-6-19(7-10-21)25-11-12-26-19/h3-4,13H,5-12H2,1-2H3. The van der Waals surface area contributed by atoms with Gasteiger partial charge in [-0.05, 0) is 30.7 Å². The van der Waals surface area contributed by atoms with Gasteiger partial charge in [-0.25, -0.2) is 0 Å². The number of nitrogens with zero attached hydrogens (tertiary/aromatic N) is 2. The van der Waals surface area contributed by atoms with Crippen molar-refractivity contribution in [1.29, 1.82) is 0 Å². The maximum Gasteiger partial charge on any atom is 0.224 e. The lowest BCUT2D eigenvalue weighted by atomic mass is 10.0. The van der Waals surface area contributed by atoms with Crippen LogP contribution in [0.15, 0.2) is 18.2 Å². The number of amides is 2. The van der Waals surface area contributed by atoms with E-state index in [-0.39, 0.29) is 18.2 Å². The minimum Gasteiger partial charge on any atom is -0.347 e.